The molecule has 0 aromatic carbocycles. The van der Waals surface area contributed by atoms with Gasteiger partial charge in [-0.05, 0) is 26.0 Å². The summed E-state index contributed by atoms with van der Waals surface area (Å²) in [7, 11) is 0. The molecule has 15 heavy (non-hydrogen) atoms. The van der Waals surface area contributed by atoms with E-state index in [2.05, 4.69) is 31.1 Å². The van der Waals surface area contributed by atoms with Crippen LogP contribution in [0.25, 0.3) is 10.4 Å². The summed E-state index contributed by atoms with van der Waals surface area (Å²) in [5, 5.41) is 4.34. The van der Waals surface area contributed by atoms with Crippen LogP contribution in [0.3, 0.4) is 0 Å². The van der Waals surface area contributed by atoms with Gasteiger partial charge in [0.1, 0.15) is 0 Å². The topological polar surface area (TPSA) is 43.8 Å². The second-order valence-electron chi connectivity index (χ2n) is 3.43. The SMILES string of the molecule is CCn1ncc(-c2ccc(CN)s2)c1C. The van der Waals surface area contributed by atoms with E-state index < -0.39 is 0 Å². The van der Waals surface area contributed by atoms with Crippen LogP contribution in [0.5, 0.6) is 0 Å². The number of hydrogen-bond acceptors (Lipinski definition) is 3. The molecule has 0 atom stereocenters. The molecule has 0 aliphatic rings. The van der Waals surface area contributed by atoms with Gasteiger partial charge in [-0.2, -0.15) is 5.10 Å². The van der Waals surface area contributed by atoms with Gasteiger partial charge in [0.15, 0.2) is 0 Å². The van der Waals surface area contributed by atoms with Crippen LogP contribution in [-0.2, 0) is 13.1 Å². The number of rotatable bonds is 3. The molecule has 0 spiro atoms. The molecule has 2 rings (SSSR count). The van der Waals surface area contributed by atoms with E-state index in [1.807, 2.05) is 10.9 Å². The Balaban J connectivity index is 2.40. The Kier molecular flexibility index (Phi) is 2.88. The van der Waals surface area contributed by atoms with E-state index in [0.717, 1.165) is 6.54 Å². The fourth-order valence-electron chi connectivity index (χ4n) is 1.64. The van der Waals surface area contributed by atoms with E-state index in [1.54, 1.807) is 11.3 Å². The van der Waals surface area contributed by atoms with Crippen molar-refractivity contribution >= 4 is 11.3 Å². The van der Waals surface area contributed by atoms with Gasteiger partial charge in [-0.1, -0.05) is 0 Å². The summed E-state index contributed by atoms with van der Waals surface area (Å²) < 4.78 is 2.01. The molecule has 2 aromatic heterocycles. The van der Waals surface area contributed by atoms with Crippen molar-refractivity contribution in [2.45, 2.75) is 26.9 Å². The summed E-state index contributed by atoms with van der Waals surface area (Å²) in [6.07, 6.45) is 1.94. The molecule has 80 valence electrons. The van der Waals surface area contributed by atoms with Crippen molar-refractivity contribution in [3.63, 3.8) is 0 Å². The van der Waals surface area contributed by atoms with Crippen molar-refractivity contribution in [2.75, 3.05) is 0 Å². The summed E-state index contributed by atoms with van der Waals surface area (Å²) in [5.41, 5.74) is 8.05. The minimum atomic E-state index is 0.617. The zero-order valence-electron chi connectivity index (χ0n) is 9.03. The molecule has 0 radical (unpaired) electrons. The number of nitrogens with zero attached hydrogens (tertiary/aromatic N) is 2. The molecule has 3 nitrogen and oxygen atoms in total. The average molecular weight is 221 g/mol. The van der Waals surface area contributed by atoms with Gasteiger partial charge in [0.05, 0.1) is 6.20 Å². The van der Waals surface area contributed by atoms with Crippen molar-refractivity contribution in [1.29, 1.82) is 0 Å². The first kappa shape index (κ1) is 10.4. The van der Waals surface area contributed by atoms with Gasteiger partial charge >= 0.3 is 0 Å². The third kappa shape index (κ3) is 1.82. The number of aryl methyl sites for hydroxylation is 1. The predicted octanol–water partition coefficient (Wildman–Crippen LogP) is 2.40. The van der Waals surface area contributed by atoms with Crippen molar-refractivity contribution < 1.29 is 0 Å². The van der Waals surface area contributed by atoms with Crippen LogP contribution in [0.1, 0.15) is 17.5 Å². The molecule has 0 aliphatic heterocycles. The third-order valence-electron chi connectivity index (χ3n) is 2.53. The summed E-state index contributed by atoms with van der Waals surface area (Å²) in [6.45, 7) is 5.74. The molecule has 4 heteroatoms. The maximum atomic E-state index is 5.60. The van der Waals surface area contributed by atoms with Gasteiger partial charge < -0.3 is 5.73 Å². The third-order valence-corrected chi connectivity index (χ3v) is 3.67. The summed E-state index contributed by atoms with van der Waals surface area (Å²) in [5.74, 6) is 0. The second-order valence-corrected chi connectivity index (χ2v) is 4.60. The minimum Gasteiger partial charge on any atom is -0.326 e. The molecular formula is C11H15N3S. The van der Waals surface area contributed by atoms with Gasteiger partial charge in [-0.25, -0.2) is 0 Å². The molecule has 2 heterocycles. The van der Waals surface area contributed by atoms with Crippen LogP contribution in [0, 0.1) is 6.92 Å². The van der Waals surface area contributed by atoms with Crippen LogP contribution in [0.15, 0.2) is 18.3 Å². The number of thiophene rings is 1. The summed E-state index contributed by atoms with van der Waals surface area (Å²) >= 11 is 1.75. The van der Waals surface area contributed by atoms with Crippen LogP contribution < -0.4 is 5.73 Å². The fourth-order valence-corrected chi connectivity index (χ4v) is 2.59. The molecular weight excluding hydrogens is 206 g/mol. The summed E-state index contributed by atoms with van der Waals surface area (Å²) in [4.78, 5) is 2.47. The first-order valence-electron chi connectivity index (χ1n) is 5.07. The Morgan fingerprint density at radius 3 is 2.80 bits per heavy atom. The van der Waals surface area contributed by atoms with Crippen LogP contribution in [0.4, 0.5) is 0 Å². The molecule has 0 unspecified atom stereocenters. The zero-order chi connectivity index (χ0) is 10.8. The predicted molar refractivity (Wildman–Crippen MR) is 63.8 cm³/mol. The second kappa shape index (κ2) is 4.16. The lowest BCUT2D eigenvalue weighted by Gasteiger charge is -1.99. The number of nitrogens with two attached hydrogens (primary N) is 1. The molecule has 2 aromatic rings. The van der Waals surface area contributed by atoms with Crippen LogP contribution in [0.2, 0.25) is 0 Å². The highest BCUT2D eigenvalue weighted by atomic mass is 32.1. The average Bonchev–Trinajstić information content (AvgIpc) is 2.83. The molecule has 0 saturated carbocycles. The van der Waals surface area contributed by atoms with E-state index in [4.69, 9.17) is 5.73 Å². The molecule has 0 aliphatic carbocycles. The van der Waals surface area contributed by atoms with Gasteiger partial charge in [0.25, 0.3) is 0 Å². The molecule has 2 N–H and O–H groups in total. The van der Waals surface area contributed by atoms with Crippen molar-refractivity contribution in [2.24, 2.45) is 5.73 Å². The molecule has 0 bridgehead atoms. The largest absolute Gasteiger partial charge is 0.326 e. The fraction of sp³-hybridized carbons (Fsp3) is 0.364. The van der Waals surface area contributed by atoms with E-state index in [-0.39, 0.29) is 0 Å². The Morgan fingerprint density at radius 1 is 1.47 bits per heavy atom. The molecule has 0 amide bonds. The van der Waals surface area contributed by atoms with E-state index >= 15 is 0 Å². The first-order valence-corrected chi connectivity index (χ1v) is 5.89. The van der Waals surface area contributed by atoms with Crippen LogP contribution in [-0.4, -0.2) is 9.78 Å². The van der Waals surface area contributed by atoms with Crippen molar-refractivity contribution in [3.05, 3.63) is 28.9 Å². The smallest absolute Gasteiger partial charge is 0.0579 e. The summed E-state index contributed by atoms with van der Waals surface area (Å²) in [6, 6.07) is 4.21. The molecule has 0 fully saturated rings. The monoisotopic (exact) mass is 221 g/mol. The minimum absolute atomic E-state index is 0.617. The number of aromatic nitrogens is 2. The van der Waals surface area contributed by atoms with Crippen LogP contribution >= 0.6 is 11.3 Å². The Morgan fingerprint density at radius 2 is 2.27 bits per heavy atom. The normalized spacial score (nSPS) is 10.9. The Labute approximate surface area is 93.5 Å². The van der Waals surface area contributed by atoms with E-state index in [0.29, 0.717) is 6.54 Å². The highest BCUT2D eigenvalue weighted by molar-refractivity contribution is 7.15. The lowest BCUT2D eigenvalue weighted by atomic mass is 10.2. The zero-order valence-corrected chi connectivity index (χ0v) is 9.84. The molecule has 0 saturated heterocycles. The quantitative estimate of drug-likeness (QED) is 0.865. The lowest BCUT2D eigenvalue weighted by Crippen LogP contribution is -1.98. The van der Waals surface area contributed by atoms with E-state index in [1.165, 1.54) is 21.0 Å². The lowest BCUT2D eigenvalue weighted by molar-refractivity contribution is 0.640. The van der Waals surface area contributed by atoms with Gasteiger partial charge in [-0.3, -0.25) is 4.68 Å². The maximum absolute atomic E-state index is 5.60. The number of hydrogen-bond donors (Lipinski definition) is 1. The van der Waals surface area contributed by atoms with Crippen molar-refractivity contribution in [1.82, 2.24) is 9.78 Å². The Bertz CT molecular complexity index is 456. The van der Waals surface area contributed by atoms with Gasteiger partial charge in [0, 0.05) is 34.1 Å². The standard InChI is InChI=1S/C11H15N3S/c1-3-14-8(2)10(7-13-14)11-5-4-9(6-12)15-11/h4-5,7H,3,6,12H2,1-2H3. The van der Waals surface area contributed by atoms with Gasteiger partial charge in [-0.15, -0.1) is 11.3 Å². The maximum Gasteiger partial charge on any atom is 0.0579 e. The van der Waals surface area contributed by atoms with E-state index in [9.17, 15) is 0 Å². The highest BCUT2D eigenvalue weighted by Gasteiger charge is 2.09. The highest BCUT2D eigenvalue weighted by Crippen LogP contribution is 2.30. The van der Waals surface area contributed by atoms with Crippen molar-refractivity contribution in [3.8, 4) is 10.4 Å². The van der Waals surface area contributed by atoms with Gasteiger partial charge in [0.2, 0.25) is 0 Å². The first-order chi connectivity index (χ1) is 7.26. The Hall–Kier alpha value is -1.13.